The molecule has 1 aromatic heterocycles. The molecule has 1 fully saturated rings. The minimum atomic E-state index is -0.0937. The van der Waals surface area contributed by atoms with Crippen LogP contribution in [0.3, 0.4) is 0 Å². The third-order valence-electron chi connectivity index (χ3n) is 2.50. The molecule has 0 unspecified atom stereocenters. The van der Waals surface area contributed by atoms with Gasteiger partial charge >= 0.3 is 0 Å². The van der Waals surface area contributed by atoms with Crippen molar-refractivity contribution < 1.29 is 9.59 Å². The van der Waals surface area contributed by atoms with Gasteiger partial charge < -0.3 is 9.80 Å². The summed E-state index contributed by atoms with van der Waals surface area (Å²) in [5, 5.41) is 0.300. The van der Waals surface area contributed by atoms with Crippen molar-refractivity contribution >= 4 is 23.4 Å². The monoisotopic (exact) mass is 254 g/mol. The highest BCUT2D eigenvalue weighted by atomic mass is 35.5. The van der Waals surface area contributed by atoms with E-state index in [1.54, 1.807) is 7.05 Å². The Balaban J connectivity index is 2.06. The number of aromatic nitrogens is 2. The lowest BCUT2D eigenvalue weighted by atomic mass is 10.3. The van der Waals surface area contributed by atoms with Crippen LogP contribution in [-0.2, 0) is 16.1 Å². The fourth-order valence-corrected chi connectivity index (χ4v) is 1.62. The van der Waals surface area contributed by atoms with Gasteiger partial charge in [-0.25, -0.2) is 4.98 Å². The lowest BCUT2D eigenvalue weighted by Gasteiger charge is -2.31. The highest BCUT2D eigenvalue weighted by Crippen LogP contribution is 2.08. The maximum absolute atomic E-state index is 11.7. The van der Waals surface area contributed by atoms with Gasteiger partial charge in [-0.2, -0.15) is 0 Å². The predicted molar refractivity (Wildman–Crippen MR) is 60.1 cm³/mol. The molecule has 1 aromatic rings. The average Bonchev–Trinajstić information content (AvgIpc) is 2.29. The molecule has 0 aliphatic carbocycles. The molecule has 2 rings (SSSR count). The molecule has 2 heterocycles. The van der Waals surface area contributed by atoms with Crippen LogP contribution in [0.5, 0.6) is 0 Å². The first-order chi connectivity index (χ1) is 8.06. The van der Waals surface area contributed by atoms with E-state index in [-0.39, 0.29) is 31.4 Å². The molecule has 90 valence electrons. The second-order valence-corrected chi connectivity index (χ2v) is 4.22. The van der Waals surface area contributed by atoms with Gasteiger partial charge in [0.2, 0.25) is 11.8 Å². The summed E-state index contributed by atoms with van der Waals surface area (Å²) in [6.07, 6.45) is 2.91. The van der Waals surface area contributed by atoms with Gasteiger partial charge in [0.15, 0.2) is 0 Å². The maximum atomic E-state index is 11.7. The van der Waals surface area contributed by atoms with Gasteiger partial charge in [-0.15, -0.1) is 0 Å². The quantitative estimate of drug-likeness (QED) is 0.741. The van der Waals surface area contributed by atoms with Crippen LogP contribution in [0.15, 0.2) is 12.4 Å². The number of hydrogen-bond donors (Lipinski definition) is 0. The van der Waals surface area contributed by atoms with Crippen molar-refractivity contribution in [2.24, 2.45) is 0 Å². The average molecular weight is 255 g/mol. The van der Waals surface area contributed by atoms with Crippen LogP contribution < -0.4 is 0 Å². The van der Waals surface area contributed by atoms with E-state index < -0.39 is 0 Å². The van der Waals surface area contributed by atoms with Crippen molar-refractivity contribution in [2.45, 2.75) is 6.54 Å². The number of hydrogen-bond acceptors (Lipinski definition) is 4. The van der Waals surface area contributed by atoms with Gasteiger partial charge in [-0.1, -0.05) is 11.6 Å². The van der Waals surface area contributed by atoms with Gasteiger partial charge in [-0.05, 0) is 0 Å². The third kappa shape index (κ3) is 2.71. The summed E-state index contributed by atoms with van der Waals surface area (Å²) in [4.78, 5) is 33.9. The van der Waals surface area contributed by atoms with Gasteiger partial charge in [0, 0.05) is 7.05 Å². The number of likely N-dealkylation sites (N-methyl/N-ethyl adjacent to an activating group) is 1. The van der Waals surface area contributed by atoms with Crippen LogP contribution in [-0.4, -0.2) is 51.7 Å². The fraction of sp³-hybridized carbons (Fsp3) is 0.400. The van der Waals surface area contributed by atoms with Crippen LogP contribution >= 0.6 is 11.6 Å². The van der Waals surface area contributed by atoms with E-state index >= 15 is 0 Å². The summed E-state index contributed by atoms with van der Waals surface area (Å²) in [5.74, 6) is -0.171. The van der Waals surface area contributed by atoms with Crippen molar-refractivity contribution in [2.75, 3.05) is 20.1 Å². The molecule has 0 aromatic carbocycles. The summed E-state index contributed by atoms with van der Waals surface area (Å²) in [6, 6.07) is 0. The molecule has 0 radical (unpaired) electrons. The summed E-state index contributed by atoms with van der Waals surface area (Å²) >= 11 is 5.61. The maximum Gasteiger partial charge on any atom is 0.243 e. The van der Waals surface area contributed by atoms with Crippen LogP contribution in [0, 0.1) is 0 Å². The minimum absolute atomic E-state index is 0.0773. The number of halogens is 1. The molecule has 7 heteroatoms. The molecule has 1 aliphatic rings. The number of carbonyl (C=O) groups excluding carboxylic acids is 2. The van der Waals surface area contributed by atoms with E-state index in [2.05, 4.69) is 9.97 Å². The second-order valence-electron chi connectivity index (χ2n) is 3.83. The van der Waals surface area contributed by atoms with Crippen molar-refractivity contribution in [1.29, 1.82) is 0 Å². The molecule has 2 amide bonds. The van der Waals surface area contributed by atoms with E-state index in [4.69, 9.17) is 11.6 Å². The predicted octanol–water partition coefficient (Wildman–Crippen LogP) is -0.0694. The van der Waals surface area contributed by atoms with E-state index in [0.29, 0.717) is 10.8 Å². The Kier molecular flexibility index (Phi) is 3.23. The zero-order valence-corrected chi connectivity index (χ0v) is 10.0. The molecule has 0 atom stereocenters. The zero-order chi connectivity index (χ0) is 12.4. The van der Waals surface area contributed by atoms with Gasteiger partial charge in [0.1, 0.15) is 11.7 Å². The third-order valence-corrected chi connectivity index (χ3v) is 2.70. The summed E-state index contributed by atoms with van der Waals surface area (Å²) in [7, 11) is 1.61. The molecule has 6 nitrogen and oxygen atoms in total. The normalized spacial score (nSPS) is 16.6. The Bertz CT molecular complexity index is 448. The van der Waals surface area contributed by atoms with E-state index in [1.165, 1.54) is 22.2 Å². The fourth-order valence-electron chi connectivity index (χ4n) is 1.52. The summed E-state index contributed by atoms with van der Waals surface area (Å²) in [6.45, 7) is 0.474. The number of piperazine rings is 1. The smallest absolute Gasteiger partial charge is 0.243 e. The molecule has 1 saturated heterocycles. The first-order valence-electron chi connectivity index (χ1n) is 5.04. The summed E-state index contributed by atoms with van der Waals surface area (Å²) in [5.41, 5.74) is 0.611. The highest BCUT2D eigenvalue weighted by molar-refractivity contribution is 6.29. The lowest BCUT2D eigenvalue weighted by molar-refractivity contribution is -0.149. The molecule has 1 aliphatic heterocycles. The standard InChI is InChI=1S/C10H11ClN4O2/c1-14-5-10(17)15(6-9(14)16)4-7-2-13-8(11)3-12-7/h2-3H,4-6H2,1H3. The Morgan fingerprint density at radius 2 is 2.00 bits per heavy atom. The molecular formula is C10H11ClN4O2. The number of carbonyl (C=O) groups is 2. The second kappa shape index (κ2) is 4.67. The Morgan fingerprint density at radius 3 is 2.65 bits per heavy atom. The van der Waals surface area contributed by atoms with Gasteiger partial charge in [0.05, 0.1) is 31.2 Å². The van der Waals surface area contributed by atoms with E-state index in [0.717, 1.165) is 0 Å². The van der Waals surface area contributed by atoms with Crippen LogP contribution in [0.25, 0.3) is 0 Å². The Morgan fingerprint density at radius 1 is 1.24 bits per heavy atom. The molecular weight excluding hydrogens is 244 g/mol. The molecule has 0 bridgehead atoms. The molecule has 17 heavy (non-hydrogen) atoms. The zero-order valence-electron chi connectivity index (χ0n) is 9.26. The largest absolute Gasteiger partial charge is 0.335 e. The molecule has 0 spiro atoms. The van der Waals surface area contributed by atoms with Crippen LogP contribution in [0.2, 0.25) is 5.15 Å². The van der Waals surface area contributed by atoms with Crippen molar-refractivity contribution in [3.05, 3.63) is 23.2 Å². The minimum Gasteiger partial charge on any atom is -0.335 e. The molecule has 0 N–H and O–H groups in total. The van der Waals surface area contributed by atoms with Crippen LogP contribution in [0.1, 0.15) is 5.69 Å². The van der Waals surface area contributed by atoms with Crippen LogP contribution in [0.4, 0.5) is 0 Å². The summed E-state index contributed by atoms with van der Waals surface area (Å²) < 4.78 is 0. The Labute approximate surface area is 103 Å². The first-order valence-corrected chi connectivity index (χ1v) is 5.42. The number of amides is 2. The van der Waals surface area contributed by atoms with Gasteiger partial charge in [-0.3, -0.25) is 14.6 Å². The number of nitrogens with zero attached hydrogens (tertiary/aromatic N) is 4. The number of rotatable bonds is 2. The topological polar surface area (TPSA) is 66.4 Å². The van der Waals surface area contributed by atoms with Crippen molar-refractivity contribution in [3.8, 4) is 0 Å². The molecule has 0 saturated carbocycles. The van der Waals surface area contributed by atoms with Crippen molar-refractivity contribution in [3.63, 3.8) is 0 Å². The first kappa shape index (κ1) is 11.8. The SMILES string of the molecule is CN1CC(=O)N(Cc2cnc(Cl)cn2)CC1=O. The van der Waals surface area contributed by atoms with Gasteiger partial charge in [0.25, 0.3) is 0 Å². The van der Waals surface area contributed by atoms with E-state index in [9.17, 15) is 9.59 Å². The Hall–Kier alpha value is -1.69. The lowest BCUT2D eigenvalue weighted by Crippen LogP contribution is -2.51. The van der Waals surface area contributed by atoms with Crippen molar-refractivity contribution in [1.82, 2.24) is 19.8 Å². The van der Waals surface area contributed by atoms with E-state index in [1.807, 2.05) is 0 Å². The highest BCUT2D eigenvalue weighted by Gasteiger charge is 2.27.